The third-order valence-electron chi connectivity index (χ3n) is 5.32. The van der Waals surface area contributed by atoms with Crippen molar-refractivity contribution in [2.75, 3.05) is 19.8 Å². The van der Waals surface area contributed by atoms with E-state index in [1.165, 1.54) is 0 Å². The molecule has 0 aliphatic carbocycles. The maximum atomic E-state index is 9.61. The summed E-state index contributed by atoms with van der Waals surface area (Å²) in [7, 11) is -1.67. The molecular formula is C26H36BrNO4Si. The monoisotopic (exact) mass is 533 g/mol. The second-order valence-electron chi connectivity index (χ2n) is 8.48. The Balaban J connectivity index is 2.19. The number of halogens is 1. The predicted molar refractivity (Wildman–Crippen MR) is 142 cm³/mol. The van der Waals surface area contributed by atoms with Crippen LogP contribution in [0.15, 0.2) is 66.2 Å². The topological polar surface area (TPSA) is 60.0 Å². The first-order valence-electron chi connectivity index (χ1n) is 11.2. The van der Waals surface area contributed by atoms with Crippen molar-refractivity contribution in [1.82, 2.24) is 5.32 Å². The van der Waals surface area contributed by atoms with Gasteiger partial charge in [0.05, 0.1) is 0 Å². The van der Waals surface area contributed by atoms with Crippen LogP contribution in [0.25, 0.3) is 0 Å². The molecule has 0 bridgehead atoms. The highest BCUT2D eigenvalue weighted by Gasteiger charge is 2.22. The van der Waals surface area contributed by atoms with E-state index in [0.29, 0.717) is 37.9 Å². The fraction of sp³-hybridized carbons (Fsp3) is 0.385. The highest BCUT2D eigenvalue weighted by Crippen LogP contribution is 2.36. The van der Waals surface area contributed by atoms with E-state index in [1.54, 1.807) is 24.3 Å². The van der Waals surface area contributed by atoms with Gasteiger partial charge >= 0.3 is 0 Å². The van der Waals surface area contributed by atoms with E-state index in [4.69, 9.17) is 13.9 Å². The molecule has 0 saturated carbocycles. The highest BCUT2D eigenvalue weighted by molar-refractivity contribution is 9.10. The average Bonchev–Trinajstić information content (AvgIpc) is 2.81. The van der Waals surface area contributed by atoms with Crippen molar-refractivity contribution < 1.29 is 19.0 Å². The zero-order valence-corrected chi connectivity index (χ0v) is 22.5. The Morgan fingerprint density at radius 1 is 1.03 bits per heavy atom. The second kappa shape index (κ2) is 13.6. The Morgan fingerprint density at radius 3 is 2.12 bits per heavy atom. The molecule has 2 aromatic carbocycles. The first-order chi connectivity index (χ1) is 15.8. The summed E-state index contributed by atoms with van der Waals surface area (Å²) in [4.78, 5) is 0. The van der Waals surface area contributed by atoms with Gasteiger partial charge in [0.1, 0.15) is 34.9 Å². The van der Waals surface area contributed by atoms with Gasteiger partial charge in [-0.2, -0.15) is 0 Å². The molecule has 0 fully saturated rings. The molecule has 0 aromatic heterocycles. The van der Waals surface area contributed by atoms with Crippen molar-refractivity contribution in [2.45, 2.75) is 45.1 Å². The van der Waals surface area contributed by atoms with Crippen molar-refractivity contribution in [2.24, 2.45) is 0 Å². The largest absolute Gasteiger partial charge is 0.508 e. The van der Waals surface area contributed by atoms with Crippen LogP contribution in [0.3, 0.4) is 0 Å². The Labute approximate surface area is 207 Å². The molecule has 0 spiro atoms. The fourth-order valence-electron chi connectivity index (χ4n) is 3.03. The fourth-order valence-corrected chi connectivity index (χ4v) is 4.35. The Hall–Kier alpha value is -2.06. The number of hydrogen-bond acceptors (Lipinski definition) is 5. The number of ether oxygens (including phenoxy) is 2. The molecule has 2 N–H and O–H groups in total. The molecule has 0 aliphatic heterocycles. The van der Waals surface area contributed by atoms with Crippen LogP contribution in [0.4, 0.5) is 0 Å². The van der Waals surface area contributed by atoms with Crippen LogP contribution < -0.4 is 14.8 Å². The van der Waals surface area contributed by atoms with Crippen molar-refractivity contribution in [1.29, 1.82) is 0 Å². The van der Waals surface area contributed by atoms with E-state index in [0.717, 1.165) is 28.1 Å². The van der Waals surface area contributed by atoms with Crippen LogP contribution in [-0.2, 0) is 17.4 Å². The van der Waals surface area contributed by atoms with Gasteiger partial charge in [-0.05, 0) is 76.9 Å². The summed E-state index contributed by atoms with van der Waals surface area (Å²) in [5.41, 5.74) is 2.18. The summed E-state index contributed by atoms with van der Waals surface area (Å²) in [6, 6.07) is 12.5. The summed E-state index contributed by atoms with van der Waals surface area (Å²) in [6.45, 7) is 16.2. The van der Waals surface area contributed by atoms with E-state index >= 15 is 0 Å². The average molecular weight is 535 g/mol. The van der Waals surface area contributed by atoms with E-state index in [1.807, 2.05) is 24.3 Å². The maximum absolute atomic E-state index is 9.61. The number of benzene rings is 2. The summed E-state index contributed by atoms with van der Waals surface area (Å²) in [5.74, 6) is 1.69. The van der Waals surface area contributed by atoms with Crippen LogP contribution in [0, 0.1) is 0 Å². The number of aromatic hydroxyl groups is 1. The number of phenols is 1. The Kier molecular flexibility index (Phi) is 11.2. The zero-order valence-electron chi connectivity index (χ0n) is 19.9. The van der Waals surface area contributed by atoms with Gasteiger partial charge in [0.25, 0.3) is 0 Å². The third kappa shape index (κ3) is 9.37. The standard InChI is InChI=1S/C26H36BrNO4Si/c1-6-13-30-24-16-21(17-25(26(24)27)31-14-7-2)18-28-22(19-32-33(4,5)8-3)15-20-9-11-23(29)12-10-20/h6-7,9-12,16-17,22,28-29H,1-2,8,13-15,18-19H2,3-5H3/t22-/m0/s1. The van der Waals surface area contributed by atoms with Crippen molar-refractivity contribution >= 4 is 24.2 Å². The normalized spacial score (nSPS) is 12.2. The first kappa shape index (κ1) is 27.2. The lowest BCUT2D eigenvalue weighted by Gasteiger charge is -2.26. The van der Waals surface area contributed by atoms with Gasteiger partial charge in [-0.25, -0.2) is 0 Å². The lowest BCUT2D eigenvalue weighted by atomic mass is 10.1. The molecule has 0 amide bonds. The molecule has 0 radical (unpaired) electrons. The lowest BCUT2D eigenvalue weighted by Crippen LogP contribution is -2.40. The number of hydrogen-bond donors (Lipinski definition) is 2. The molecule has 180 valence electrons. The van der Waals surface area contributed by atoms with E-state index in [2.05, 4.69) is 54.4 Å². The van der Waals surface area contributed by atoms with Gasteiger partial charge in [0.2, 0.25) is 0 Å². The number of nitrogens with one attached hydrogen (secondary N) is 1. The van der Waals surface area contributed by atoms with Crippen LogP contribution in [0.5, 0.6) is 17.2 Å². The minimum atomic E-state index is -1.67. The Bertz CT molecular complexity index is 869. The quantitative estimate of drug-likeness (QED) is 0.210. The van der Waals surface area contributed by atoms with Gasteiger partial charge in [-0.15, -0.1) is 0 Å². The lowest BCUT2D eigenvalue weighted by molar-refractivity contribution is 0.253. The molecule has 0 unspecified atom stereocenters. The van der Waals surface area contributed by atoms with Gasteiger partial charge in [0.15, 0.2) is 8.32 Å². The van der Waals surface area contributed by atoms with Crippen molar-refractivity contribution in [3.05, 3.63) is 77.3 Å². The minimum Gasteiger partial charge on any atom is -0.508 e. The SMILES string of the molecule is C=CCOc1cc(CN[C@H](CO[Si](C)(C)CC)Cc2ccc(O)cc2)cc(OCC=C)c1Br. The van der Waals surface area contributed by atoms with Gasteiger partial charge in [0, 0.05) is 19.2 Å². The molecule has 0 aliphatic rings. The van der Waals surface area contributed by atoms with Gasteiger partial charge in [-0.3, -0.25) is 0 Å². The van der Waals surface area contributed by atoms with Gasteiger partial charge in [-0.1, -0.05) is 44.4 Å². The predicted octanol–water partition coefficient (Wildman–Crippen LogP) is 6.23. The van der Waals surface area contributed by atoms with Crippen LogP contribution in [0.2, 0.25) is 19.1 Å². The number of phenolic OH excluding ortho intramolecular Hbond substituents is 1. The maximum Gasteiger partial charge on any atom is 0.186 e. The van der Waals surface area contributed by atoms with E-state index in [9.17, 15) is 5.11 Å². The molecule has 0 heterocycles. The second-order valence-corrected chi connectivity index (χ2v) is 13.8. The summed E-state index contributed by atoms with van der Waals surface area (Å²) in [5, 5.41) is 13.3. The van der Waals surface area contributed by atoms with E-state index < -0.39 is 8.32 Å². The molecule has 33 heavy (non-hydrogen) atoms. The van der Waals surface area contributed by atoms with Gasteiger partial charge < -0.3 is 24.3 Å². The molecule has 5 nitrogen and oxygen atoms in total. The zero-order chi connectivity index (χ0) is 24.3. The third-order valence-corrected chi connectivity index (χ3v) is 8.75. The molecule has 2 aromatic rings. The smallest absolute Gasteiger partial charge is 0.186 e. The number of rotatable bonds is 15. The van der Waals surface area contributed by atoms with Crippen molar-refractivity contribution in [3.63, 3.8) is 0 Å². The van der Waals surface area contributed by atoms with Crippen LogP contribution >= 0.6 is 15.9 Å². The molecular weight excluding hydrogens is 498 g/mol. The minimum absolute atomic E-state index is 0.117. The Morgan fingerprint density at radius 2 is 1.61 bits per heavy atom. The van der Waals surface area contributed by atoms with E-state index in [-0.39, 0.29) is 11.8 Å². The first-order valence-corrected chi connectivity index (χ1v) is 15.1. The molecule has 0 saturated heterocycles. The summed E-state index contributed by atoms with van der Waals surface area (Å²) >= 11 is 3.59. The van der Waals surface area contributed by atoms with Crippen molar-refractivity contribution in [3.8, 4) is 17.2 Å². The molecule has 1 atom stereocenters. The summed E-state index contributed by atoms with van der Waals surface area (Å²) in [6.07, 6.45) is 4.22. The summed E-state index contributed by atoms with van der Waals surface area (Å²) < 4.78 is 18.8. The molecule has 2 rings (SSSR count). The van der Waals surface area contributed by atoms with Crippen LogP contribution in [-0.4, -0.2) is 39.3 Å². The highest BCUT2D eigenvalue weighted by atomic mass is 79.9. The van der Waals surface area contributed by atoms with Crippen LogP contribution in [0.1, 0.15) is 18.1 Å². The molecule has 7 heteroatoms.